The molecular weight excluding hydrogens is 350 g/mol. The number of hydrogen-bond donors (Lipinski definition) is 1. The maximum absolute atomic E-state index is 13.8. The summed E-state index contributed by atoms with van der Waals surface area (Å²) in [4.78, 5) is 31.9. The molecule has 0 spiro atoms. The number of rotatable bonds is 4. The Hall–Kier alpha value is -2.61. The van der Waals surface area contributed by atoms with Gasteiger partial charge >= 0.3 is 5.97 Å². The van der Waals surface area contributed by atoms with Gasteiger partial charge in [-0.1, -0.05) is 6.07 Å². The van der Waals surface area contributed by atoms with Gasteiger partial charge in [0.15, 0.2) is 0 Å². The van der Waals surface area contributed by atoms with E-state index >= 15 is 0 Å². The molecule has 0 aliphatic heterocycles. The van der Waals surface area contributed by atoms with Crippen LogP contribution >= 0.6 is 11.3 Å². The molecule has 0 fully saturated rings. The highest BCUT2D eigenvalue weighted by atomic mass is 32.1. The number of carbonyl (C=O) groups excluding carboxylic acids is 1. The molecule has 2 heterocycles. The number of carbonyl (C=O) groups is 1. The van der Waals surface area contributed by atoms with Crippen molar-refractivity contribution in [3.05, 3.63) is 62.0 Å². The Morgan fingerprint density at radius 2 is 2.12 bits per heavy atom. The summed E-state index contributed by atoms with van der Waals surface area (Å²) in [7, 11) is 0. The first kappa shape index (κ1) is 17.2. The molecule has 0 saturated heterocycles. The zero-order valence-electron chi connectivity index (χ0n) is 13.5. The van der Waals surface area contributed by atoms with E-state index in [4.69, 9.17) is 4.74 Å². The molecule has 0 aliphatic rings. The zero-order chi connectivity index (χ0) is 18.1. The Balaban J connectivity index is 2.04. The van der Waals surface area contributed by atoms with Gasteiger partial charge in [-0.15, -0.1) is 11.3 Å². The standard InChI is InChI=1S/C17H14F2N2O3S/c1-3-24-17(23)14-8(2)13-15(22)20-12(21-16(13)25-14)6-9-4-5-10(18)7-11(9)19/h4-5,7H,3,6H2,1-2H3,(H,20,21,22). The minimum Gasteiger partial charge on any atom is -0.462 e. The number of H-pyrrole nitrogens is 1. The number of aromatic amines is 1. The number of ether oxygens (including phenoxy) is 1. The van der Waals surface area contributed by atoms with Crippen molar-refractivity contribution in [2.24, 2.45) is 0 Å². The molecule has 25 heavy (non-hydrogen) atoms. The summed E-state index contributed by atoms with van der Waals surface area (Å²) in [5.41, 5.74) is 0.307. The number of hydrogen-bond acceptors (Lipinski definition) is 5. The average molecular weight is 364 g/mol. The molecule has 0 unspecified atom stereocenters. The lowest BCUT2D eigenvalue weighted by molar-refractivity contribution is 0.0531. The Bertz CT molecular complexity index is 1030. The number of benzene rings is 1. The van der Waals surface area contributed by atoms with E-state index in [0.29, 0.717) is 20.7 Å². The Kier molecular flexibility index (Phi) is 4.63. The second-order valence-corrected chi connectivity index (χ2v) is 6.38. The van der Waals surface area contributed by atoms with Crippen LogP contribution in [0.25, 0.3) is 10.2 Å². The van der Waals surface area contributed by atoms with Crippen molar-refractivity contribution in [1.82, 2.24) is 9.97 Å². The fourth-order valence-electron chi connectivity index (χ4n) is 2.51. The molecule has 0 amide bonds. The summed E-state index contributed by atoms with van der Waals surface area (Å²) < 4.78 is 31.8. The maximum Gasteiger partial charge on any atom is 0.348 e. The van der Waals surface area contributed by atoms with Crippen molar-refractivity contribution < 1.29 is 18.3 Å². The molecule has 0 atom stereocenters. The van der Waals surface area contributed by atoms with Crippen molar-refractivity contribution in [3.63, 3.8) is 0 Å². The molecule has 3 rings (SSSR count). The number of fused-ring (bicyclic) bond motifs is 1. The SMILES string of the molecule is CCOC(=O)c1sc2nc(Cc3ccc(F)cc3F)[nH]c(=O)c2c1C. The molecular formula is C17H14F2N2O3S. The van der Waals surface area contributed by atoms with E-state index in [9.17, 15) is 18.4 Å². The summed E-state index contributed by atoms with van der Waals surface area (Å²) in [5, 5.41) is 0.316. The third-order valence-electron chi connectivity index (χ3n) is 3.68. The van der Waals surface area contributed by atoms with Crippen LogP contribution in [0.3, 0.4) is 0 Å². The second-order valence-electron chi connectivity index (χ2n) is 5.38. The molecule has 0 radical (unpaired) electrons. The quantitative estimate of drug-likeness (QED) is 0.721. The van der Waals surface area contributed by atoms with E-state index in [0.717, 1.165) is 23.5 Å². The van der Waals surface area contributed by atoms with Crippen molar-refractivity contribution in [1.29, 1.82) is 0 Å². The predicted octanol–water partition coefficient (Wildman–Crippen LogP) is 3.34. The maximum atomic E-state index is 13.8. The summed E-state index contributed by atoms with van der Waals surface area (Å²) >= 11 is 1.06. The van der Waals surface area contributed by atoms with Gasteiger partial charge in [0, 0.05) is 12.5 Å². The van der Waals surface area contributed by atoms with E-state index in [1.165, 1.54) is 6.07 Å². The molecule has 1 aromatic carbocycles. The number of nitrogens with zero attached hydrogens (tertiary/aromatic N) is 1. The van der Waals surface area contributed by atoms with Crippen LogP contribution in [0.15, 0.2) is 23.0 Å². The number of aryl methyl sites for hydroxylation is 1. The lowest BCUT2D eigenvalue weighted by Gasteiger charge is -2.03. The van der Waals surface area contributed by atoms with E-state index in [1.54, 1.807) is 13.8 Å². The number of halogens is 2. The van der Waals surface area contributed by atoms with Gasteiger partial charge in [0.05, 0.1) is 12.0 Å². The van der Waals surface area contributed by atoms with Crippen LogP contribution in [-0.4, -0.2) is 22.5 Å². The van der Waals surface area contributed by atoms with E-state index in [2.05, 4.69) is 9.97 Å². The van der Waals surface area contributed by atoms with Crippen LogP contribution in [0.1, 0.15) is 33.5 Å². The van der Waals surface area contributed by atoms with E-state index in [-0.39, 0.29) is 24.4 Å². The topological polar surface area (TPSA) is 72.0 Å². The first-order valence-electron chi connectivity index (χ1n) is 7.54. The summed E-state index contributed by atoms with van der Waals surface area (Å²) in [6.07, 6.45) is 0.00296. The molecule has 1 N–H and O–H groups in total. The molecule has 5 nitrogen and oxygen atoms in total. The Morgan fingerprint density at radius 3 is 2.80 bits per heavy atom. The normalized spacial score (nSPS) is 11.0. The Labute approximate surface area is 145 Å². The van der Waals surface area contributed by atoms with Crippen molar-refractivity contribution in [2.75, 3.05) is 6.61 Å². The van der Waals surface area contributed by atoms with Crippen molar-refractivity contribution >= 4 is 27.5 Å². The number of aromatic nitrogens is 2. The van der Waals surface area contributed by atoms with E-state index < -0.39 is 23.2 Å². The highest BCUT2D eigenvalue weighted by Crippen LogP contribution is 2.28. The van der Waals surface area contributed by atoms with Gasteiger partial charge in [-0.25, -0.2) is 18.6 Å². The first-order valence-corrected chi connectivity index (χ1v) is 8.35. The van der Waals surface area contributed by atoms with E-state index in [1.807, 2.05) is 0 Å². The molecule has 3 aromatic rings. The molecule has 0 saturated carbocycles. The van der Waals surface area contributed by atoms with Crippen molar-refractivity contribution in [2.45, 2.75) is 20.3 Å². The smallest absolute Gasteiger partial charge is 0.348 e. The van der Waals surface area contributed by atoms with Crippen LogP contribution < -0.4 is 5.56 Å². The molecule has 0 aliphatic carbocycles. The number of nitrogens with one attached hydrogen (secondary N) is 1. The van der Waals surface area contributed by atoms with Gasteiger partial charge in [-0.3, -0.25) is 4.79 Å². The van der Waals surface area contributed by atoms with Crippen molar-refractivity contribution in [3.8, 4) is 0 Å². The van der Waals surface area contributed by atoms with Gasteiger partial charge in [-0.05, 0) is 31.0 Å². The van der Waals surface area contributed by atoms with Crippen LogP contribution in [0.2, 0.25) is 0 Å². The first-order chi connectivity index (χ1) is 11.9. The fraction of sp³-hybridized carbons (Fsp3) is 0.235. The summed E-state index contributed by atoms with van der Waals surface area (Å²) in [5.74, 6) is -1.66. The lowest BCUT2D eigenvalue weighted by Crippen LogP contribution is -2.12. The fourth-order valence-corrected chi connectivity index (χ4v) is 3.60. The summed E-state index contributed by atoms with van der Waals surface area (Å²) in [6.45, 7) is 3.58. The van der Waals surface area contributed by atoms with Crippen LogP contribution in [0.5, 0.6) is 0 Å². The van der Waals surface area contributed by atoms with Crippen LogP contribution in [0.4, 0.5) is 8.78 Å². The predicted molar refractivity (Wildman–Crippen MR) is 90.1 cm³/mol. The van der Waals surface area contributed by atoms with Gasteiger partial charge in [0.2, 0.25) is 0 Å². The molecule has 2 aromatic heterocycles. The largest absolute Gasteiger partial charge is 0.462 e. The minimum atomic E-state index is -0.711. The summed E-state index contributed by atoms with van der Waals surface area (Å²) in [6, 6.07) is 3.22. The average Bonchev–Trinajstić information content (AvgIpc) is 2.88. The van der Waals surface area contributed by atoms with Gasteiger partial charge in [0.25, 0.3) is 5.56 Å². The lowest BCUT2D eigenvalue weighted by atomic mass is 10.1. The number of thiophene rings is 1. The molecule has 0 bridgehead atoms. The highest BCUT2D eigenvalue weighted by molar-refractivity contribution is 7.20. The third kappa shape index (κ3) is 3.30. The molecule has 8 heteroatoms. The Morgan fingerprint density at radius 1 is 1.36 bits per heavy atom. The molecule has 130 valence electrons. The monoisotopic (exact) mass is 364 g/mol. The van der Waals surface area contributed by atoms with Gasteiger partial charge in [0.1, 0.15) is 27.2 Å². The van der Waals surface area contributed by atoms with Gasteiger partial charge in [-0.2, -0.15) is 0 Å². The zero-order valence-corrected chi connectivity index (χ0v) is 14.3. The van der Waals surface area contributed by atoms with Crippen LogP contribution in [-0.2, 0) is 11.2 Å². The number of esters is 1. The minimum absolute atomic E-state index is 0.00296. The third-order valence-corrected chi connectivity index (χ3v) is 4.85. The highest BCUT2D eigenvalue weighted by Gasteiger charge is 2.20. The van der Waals surface area contributed by atoms with Crippen LogP contribution in [0, 0.1) is 18.6 Å². The van der Waals surface area contributed by atoms with Gasteiger partial charge < -0.3 is 9.72 Å². The second kappa shape index (κ2) is 6.72.